The number of hydrogen-bond donors (Lipinski definition) is 1. The Morgan fingerprint density at radius 2 is 2.10 bits per heavy atom. The topological polar surface area (TPSA) is 49.8 Å². The van der Waals surface area contributed by atoms with Gasteiger partial charge in [0.15, 0.2) is 6.29 Å². The molecule has 20 heavy (non-hydrogen) atoms. The Bertz CT molecular complexity index is 457. The Labute approximate surface area is 121 Å². The number of carbonyl (C=O) groups is 1. The molecule has 0 spiro atoms. The maximum atomic E-state index is 12.3. The third-order valence-corrected chi connectivity index (χ3v) is 3.69. The molecule has 1 unspecified atom stereocenters. The normalized spacial score (nSPS) is 13.1. The largest absolute Gasteiger partial charge is 0.364 e. The summed E-state index contributed by atoms with van der Waals surface area (Å²) in [6.45, 7) is 6.45. The molecule has 1 rings (SSSR count). The Kier molecular flexibility index (Phi) is 5.72. The smallest absolute Gasteiger partial charge is 0.228 e. The van der Waals surface area contributed by atoms with Crippen LogP contribution >= 0.6 is 0 Å². The first-order valence-corrected chi connectivity index (χ1v) is 6.87. The first-order chi connectivity index (χ1) is 9.31. The first-order valence-electron chi connectivity index (χ1n) is 6.87. The highest BCUT2D eigenvalue weighted by Crippen LogP contribution is 2.23. The second kappa shape index (κ2) is 6.86. The number of benzene rings is 1. The van der Waals surface area contributed by atoms with Crippen molar-refractivity contribution < 1.29 is 14.6 Å². The number of aliphatic hydroxyl groups excluding tert-OH is 1. The fourth-order valence-corrected chi connectivity index (χ4v) is 1.99. The molecule has 1 aromatic carbocycles. The maximum Gasteiger partial charge on any atom is 0.228 e. The Hall–Kier alpha value is -1.39. The van der Waals surface area contributed by atoms with E-state index < -0.39 is 6.29 Å². The maximum absolute atomic E-state index is 12.3. The summed E-state index contributed by atoms with van der Waals surface area (Å²) in [5, 5.41) is 9.66. The third-order valence-electron chi connectivity index (χ3n) is 3.69. The first kappa shape index (κ1) is 16.7. The van der Waals surface area contributed by atoms with Crippen molar-refractivity contribution in [3.05, 3.63) is 35.4 Å². The van der Waals surface area contributed by atoms with E-state index in [1.165, 1.54) is 7.11 Å². The molecule has 0 heterocycles. The molecule has 4 heteroatoms. The lowest BCUT2D eigenvalue weighted by Crippen LogP contribution is -2.37. The highest BCUT2D eigenvalue weighted by atomic mass is 16.6. The molecule has 0 radical (unpaired) electrons. The van der Waals surface area contributed by atoms with Crippen LogP contribution < -0.4 is 0 Å². The average Bonchev–Trinajstić information content (AvgIpc) is 2.45. The summed E-state index contributed by atoms with van der Waals surface area (Å²) in [6, 6.07) is 7.46. The lowest BCUT2D eigenvalue weighted by atomic mass is 9.88. The van der Waals surface area contributed by atoms with Crippen molar-refractivity contribution in [1.29, 1.82) is 0 Å². The van der Waals surface area contributed by atoms with Gasteiger partial charge in [-0.1, -0.05) is 39.0 Å². The van der Waals surface area contributed by atoms with Crippen molar-refractivity contribution in [2.75, 3.05) is 14.2 Å². The fourth-order valence-electron chi connectivity index (χ4n) is 1.99. The van der Waals surface area contributed by atoms with E-state index in [9.17, 15) is 9.90 Å². The zero-order valence-corrected chi connectivity index (χ0v) is 13.0. The molecule has 1 aromatic rings. The monoisotopic (exact) mass is 279 g/mol. The van der Waals surface area contributed by atoms with Crippen LogP contribution in [0, 0.1) is 5.41 Å². The number of carbonyl (C=O) groups excluding carboxylic acids is 1. The Morgan fingerprint density at radius 3 is 2.65 bits per heavy atom. The summed E-state index contributed by atoms with van der Waals surface area (Å²) < 4.78 is 4.89. The third kappa shape index (κ3) is 4.05. The van der Waals surface area contributed by atoms with Gasteiger partial charge in [0.05, 0.1) is 0 Å². The molecule has 4 nitrogen and oxygen atoms in total. The average molecular weight is 279 g/mol. The van der Waals surface area contributed by atoms with E-state index in [-0.39, 0.29) is 11.3 Å². The van der Waals surface area contributed by atoms with Gasteiger partial charge in [-0.05, 0) is 18.1 Å². The number of amides is 1. The van der Waals surface area contributed by atoms with E-state index in [2.05, 4.69) is 0 Å². The van der Waals surface area contributed by atoms with Gasteiger partial charge < -0.3 is 14.7 Å². The van der Waals surface area contributed by atoms with Crippen LogP contribution in [-0.2, 0) is 16.1 Å². The van der Waals surface area contributed by atoms with Gasteiger partial charge in [0, 0.05) is 31.7 Å². The number of hydrogen-bond acceptors (Lipinski definition) is 3. The Balaban J connectivity index is 2.81. The quantitative estimate of drug-likeness (QED) is 0.815. The molecule has 0 aliphatic carbocycles. The van der Waals surface area contributed by atoms with E-state index in [1.54, 1.807) is 18.0 Å². The van der Waals surface area contributed by atoms with Gasteiger partial charge in [-0.25, -0.2) is 0 Å². The minimum atomic E-state index is -0.928. The fraction of sp³-hybridized carbons (Fsp3) is 0.562. The number of rotatable bonds is 6. The van der Waals surface area contributed by atoms with Gasteiger partial charge in [0.1, 0.15) is 0 Å². The van der Waals surface area contributed by atoms with Crippen LogP contribution in [-0.4, -0.2) is 30.1 Å². The summed E-state index contributed by atoms with van der Waals surface area (Å²) in [5.74, 6) is 0.123. The Morgan fingerprint density at radius 1 is 1.45 bits per heavy atom. The van der Waals surface area contributed by atoms with Crippen LogP contribution in [0.1, 0.15) is 44.6 Å². The second-order valence-electron chi connectivity index (χ2n) is 5.73. The van der Waals surface area contributed by atoms with Crippen molar-refractivity contribution in [3.63, 3.8) is 0 Å². The molecular weight excluding hydrogens is 254 g/mol. The van der Waals surface area contributed by atoms with Crippen LogP contribution in [0.2, 0.25) is 0 Å². The molecule has 0 aromatic heterocycles. The molecule has 0 saturated carbocycles. The van der Waals surface area contributed by atoms with Gasteiger partial charge in [-0.15, -0.1) is 0 Å². The van der Waals surface area contributed by atoms with Crippen molar-refractivity contribution in [2.45, 2.75) is 40.0 Å². The van der Waals surface area contributed by atoms with E-state index in [0.717, 1.165) is 12.0 Å². The van der Waals surface area contributed by atoms with E-state index >= 15 is 0 Å². The van der Waals surface area contributed by atoms with Gasteiger partial charge in [0.25, 0.3) is 0 Å². The van der Waals surface area contributed by atoms with Crippen LogP contribution in [0.4, 0.5) is 0 Å². The summed E-state index contributed by atoms with van der Waals surface area (Å²) in [6.07, 6.45) is -0.124. The van der Waals surface area contributed by atoms with Crippen LogP contribution in [0.5, 0.6) is 0 Å². The number of ether oxygens (including phenoxy) is 1. The highest BCUT2D eigenvalue weighted by Gasteiger charge is 2.28. The molecular formula is C16H25NO3. The van der Waals surface area contributed by atoms with Gasteiger partial charge in [-0.2, -0.15) is 0 Å². The molecule has 112 valence electrons. The number of methoxy groups -OCH3 is 1. The zero-order chi connectivity index (χ0) is 15.3. The zero-order valence-electron chi connectivity index (χ0n) is 13.0. The lowest BCUT2D eigenvalue weighted by molar-refractivity contribution is -0.139. The van der Waals surface area contributed by atoms with Gasteiger partial charge in [0.2, 0.25) is 5.91 Å². The molecule has 1 amide bonds. The number of nitrogens with zero attached hydrogens (tertiary/aromatic N) is 1. The molecule has 0 fully saturated rings. The highest BCUT2D eigenvalue weighted by molar-refractivity contribution is 5.81. The molecule has 0 aliphatic rings. The minimum Gasteiger partial charge on any atom is -0.364 e. The van der Waals surface area contributed by atoms with Crippen molar-refractivity contribution in [2.24, 2.45) is 5.41 Å². The lowest BCUT2D eigenvalue weighted by Gasteiger charge is -2.28. The van der Waals surface area contributed by atoms with E-state index in [1.807, 2.05) is 39.0 Å². The molecule has 0 bridgehead atoms. The van der Waals surface area contributed by atoms with Crippen molar-refractivity contribution >= 4 is 5.91 Å². The van der Waals surface area contributed by atoms with E-state index in [4.69, 9.17) is 4.74 Å². The number of aliphatic hydroxyl groups is 1. The van der Waals surface area contributed by atoms with Gasteiger partial charge >= 0.3 is 0 Å². The summed E-state index contributed by atoms with van der Waals surface area (Å²) >= 11 is 0. The van der Waals surface area contributed by atoms with Crippen molar-refractivity contribution in [3.8, 4) is 0 Å². The summed E-state index contributed by atoms with van der Waals surface area (Å²) in [5.41, 5.74) is 1.32. The van der Waals surface area contributed by atoms with Crippen LogP contribution in [0.3, 0.4) is 0 Å². The van der Waals surface area contributed by atoms with Gasteiger partial charge in [-0.3, -0.25) is 4.79 Å². The molecule has 1 N–H and O–H groups in total. The minimum absolute atomic E-state index is 0.123. The molecule has 0 aliphatic heterocycles. The SMILES string of the molecule is CCC(C)(C)C(=O)N(C)Cc1cccc(C(O)OC)c1. The van der Waals surface area contributed by atoms with Crippen LogP contribution in [0.25, 0.3) is 0 Å². The molecule has 1 atom stereocenters. The van der Waals surface area contributed by atoms with Crippen LogP contribution in [0.15, 0.2) is 24.3 Å². The summed E-state index contributed by atoms with van der Waals surface area (Å²) in [4.78, 5) is 14.1. The predicted molar refractivity (Wildman–Crippen MR) is 79.0 cm³/mol. The van der Waals surface area contributed by atoms with E-state index in [0.29, 0.717) is 12.1 Å². The standard InChI is InChI=1S/C16H25NO3/c1-6-16(2,3)15(19)17(4)11-12-8-7-9-13(10-12)14(18)20-5/h7-10,14,18H,6,11H2,1-5H3. The summed E-state index contributed by atoms with van der Waals surface area (Å²) in [7, 11) is 3.26. The predicted octanol–water partition coefficient (Wildman–Crippen LogP) is 2.72. The molecule has 0 saturated heterocycles. The van der Waals surface area contributed by atoms with Crippen molar-refractivity contribution in [1.82, 2.24) is 4.90 Å². The second-order valence-corrected chi connectivity index (χ2v) is 5.73.